The maximum Gasteiger partial charge on any atom is 0.331 e. The van der Waals surface area contributed by atoms with Gasteiger partial charge >= 0.3 is 5.97 Å². The minimum Gasteiger partial charge on any atom is -0.465 e. The van der Waals surface area contributed by atoms with Crippen molar-refractivity contribution < 1.29 is 38.0 Å². The van der Waals surface area contributed by atoms with Crippen LogP contribution in [0.15, 0.2) is 30.3 Å². The molecule has 0 aliphatic carbocycles. The van der Waals surface area contributed by atoms with Gasteiger partial charge in [-0.15, -0.1) is 0 Å². The summed E-state index contributed by atoms with van der Waals surface area (Å²) in [5, 5.41) is 0. The van der Waals surface area contributed by atoms with E-state index < -0.39 is 12.1 Å². The summed E-state index contributed by atoms with van der Waals surface area (Å²) in [5.41, 5.74) is 0.877. The molecule has 4 saturated heterocycles. The summed E-state index contributed by atoms with van der Waals surface area (Å²) in [6, 6.07) is 7.54. The van der Waals surface area contributed by atoms with E-state index in [0.29, 0.717) is 13.2 Å². The lowest BCUT2D eigenvalue weighted by molar-refractivity contribution is -0.202. The summed E-state index contributed by atoms with van der Waals surface area (Å²) in [6.45, 7) is 2.19. The van der Waals surface area contributed by atoms with Crippen LogP contribution in [0.2, 0.25) is 0 Å². The highest BCUT2D eigenvalue weighted by Crippen LogP contribution is 2.32. The second-order valence-corrected chi connectivity index (χ2v) is 8.86. The van der Waals surface area contributed by atoms with E-state index in [1.165, 1.54) is 6.08 Å². The van der Waals surface area contributed by atoms with Crippen molar-refractivity contribution in [3.8, 4) is 5.75 Å². The number of esters is 1. The van der Waals surface area contributed by atoms with Gasteiger partial charge in [-0.2, -0.15) is 0 Å². The predicted octanol–water partition coefficient (Wildman–Crippen LogP) is 3.23. The van der Waals surface area contributed by atoms with Crippen molar-refractivity contribution in [3.05, 3.63) is 35.9 Å². The first kappa shape index (κ1) is 22.8. The number of carbonyl (C=O) groups is 1. The smallest absolute Gasteiger partial charge is 0.331 e. The first-order chi connectivity index (χ1) is 16.2. The van der Waals surface area contributed by atoms with E-state index in [-0.39, 0.29) is 30.9 Å². The molecule has 0 bridgehead atoms. The molecule has 0 spiro atoms. The van der Waals surface area contributed by atoms with Gasteiger partial charge in [0.2, 0.25) is 0 Å². The largest absolute Gasteiger partial charge is 0.465 e. The molecule has 4 aliphatic rings. The quantitative estimate of drug-likeness (QED) is 0.453. The molecule has 0 radical (unpaired) electrons. The van der Waals surface area contributed by atoms with Crippen LogP contribution in [-0.2, 0) is 33.2 Å². The number of benzene rings is 1. The third-order valence-electron chi connectivity index (χ3n) is 6.39. The summed E-state index contributed by atoms with van der Waals surface area (Å²) in [6.07, 6.45) is 7.75. The first-order valence-corrected chi connectivity index (χ1v) is 12.0. The molecular formula is C25H32O8. The van der Waals surface area contributed by atoms with Gasteiger partial charge in [0.05, 0.1) is 19.8 Å². The number of hydrogen-bond donors (Lipinski definition) is 0. The molecule has 0 amide bonds. The molecule has 4 unspecified atom stereocenters. The van der Waals surface area contributed by atoms with Crippen LogP contribution in [0.1, 0.15) is 44.1 Å². The Morgan fingerprint density at radius 2 is 1.48 bits per heavy atom. The summed E-state index contributed by atoms with van der Waals surface area (Å²) < 4.78 is 40.4. The van der Waals surface area contributed by atoms with Crippen LogP contribution in [0.4, 0.5) is 0 Å². The highest BCUT2D eigenvalue weighted by molar-refractivity contribution is 5.87. The summed E-state index contributed by atoms with van der Waals surface area (Å²) in [7, 11) is 0. The second-order valence-electron chi connectivity index (χ2n) is 8.86. The fourth-order valence-electron chi connectivity index (χ4n) is 4.63. The van der Waals surface area contributed by atoms with Crippen molar-refractivity contribution in [2.24, 2.45) is 0 Å². The van der Waals surface area contributed by atoms with E-state index in [1.54, 1.807) is 6.08 Å². The molecule has 0 N–H and O–H groups in total. The molecule has 4 aliphatic heterocycles. The van der Waals surface area contributed by atoms with Crippen LogP contribution >= 0.6 is 0 Å². The standard InChI is InChI=1S/C25H32O8/c26-21(12-9-17-7-10-18(11-8-17)31-22-5-1-3-13-27-22)32-19-15-29-25-20(16-30-24(19)25)33-23-6-2-4-14-28-23/h7-12,19-20,22-25H,1-6,13-16H2/b12-9+/t19-,20+,22?,23?,24?,25?/m0/s1. The van der Waals surface area contributed by atoms with Crippen LogP contribution in [0, 0.1) is 0 Å². The molecule has 8 nitrogen and oxygen atoms in total. The van der Waals surface area contributed by atoms with E-state index in [0.717, 1.165) is 63.1 Å². The van der Waals surface area contributed by atoms with E-state index in [2.05, 4.69) is 0 Å². The minimum atomic E-state index is -0.445. The number of fused-ring (bicyclic) bond motifs is 1. The molecule has 4 heterocycles. The van der Waals surface area contributed by atoms with Gasteiger partial charge in [0.15, 0.2) is 18.7 Å². The van der Waals surface area contributed by atoms with E-state index in [9.17, 15) is 4.79 Å². The molecule has 8 heteroatoms. The Morgan fingerprint density at radius 3 is 2.18 bits per heavy atom. The summed E-state index contributed by atoms with van der Waals surface area (Å²) in [4.78, 5) is 12.4. The van der Waals surface area contributed by atoms with Crippen molar-refractivity contribution >= 4 is 12.0 Å². The number of carbonyl (C=O) groups excluding carboxylic acids is 1. The lowest BCUT2D eigenvalue weighted by Crippen LogP contribution is -2.37. The highest BCUT2D eigenvalue weighted by atomic mass is 16.7. The predicted molar refractivity (Wildman–Crippen MR) is 118 cm³/mol. The van der Waals surface area contributed by atoms with Crippen molar-refractivity contribution in [1.82, 2.24) is 0 Å². The molecule has 6 atom stereocenters. The zero-order valence-corrected chi connectivity index (χ0v) is 18.8. The average Bonchev–Trinajstić information content (AvgIpc) is 3.43. The van der Waals surface area contributed by atoms with E-state index in [1.807, 2.05) is 24.3 Å². The Kier molecular flexibility index (Phi) is 7.58. The van der Waals surface area contributed by atoms with E-state index in [4.69, 9.17) is 33.2 Å². The van der Waals surface area contributed by atoms with Gasteiger partial charge in [0.25, 0.3) is 0 Å². The topological polar surface area (TPSA) is 81.7 Å². The molecule has 33 heavy (non-hydrogen) atoms. The molecule has 1 aromatic carbocycles. The second kappa shape index (κ2) is 11.0. The van der Waals surface area contributed by atoms with Crippen molar-refractivity contribution in [3.63, 3.8) is 0 Å². The van der Waals surface area contributed by atoms with E-state index >= 15 is 0 Å². The molecule has 0 aromatic heterocycles. The number of hydrogen-bond acceptors (Lipinski definition) is 8. The summed E-state index contributed by atoms with van der Waals surface area (Å²) in [5.74, 6) is 0.327. The van der Waals surface area contributed by atoms with Gasteiger partial charge in [-0.3, -0.25) is 0 Å². The Labute approximate surface area is 194 Å². The fourth-order valence-corrected chi connectivity index (χ4v) is 4.63. The minimum absolute atomic E-state index is 0.175. The maximum atomic E-state index is 12.4. The van der Waals surface area contributed by atoms with Crippen molar-refractivity contribution in [2.75, 3.05) is 26.4 Å². The Hall–Kier alpha value is -1.97. The van der Waals surface area contributed by atoms with Crippen LogP contribution in [-0.4, -0.2) is 69.4 Å². The van der Waals surface area contributed by atoms with Gasteiger partial charge in [-0.1, -0.05) is 12.1 Å². The molecular weight excluding hydrogens is 428 g/mol. The zero-order chi connectivity index (χ0) is 22.5. The SMILES string of the molecule is O=C(/C=C/c1ccc(OC2CCCCO2)cc1)O[C@H]1COC2C1OC[C@H]2OC1CCCCO1. The Balaban J connectivity index is 1.08. The summed E-state index contributed by atoms with van der Waals surface area (Å²) >= 11 is 0. The molecule has 5 rings (SSSR count). The third-order valence-corrected chi connectivity index (χ3v) is 6.39. The average molecular weight is 461 g/mol. The Bertz CT molecular complexity index is 797. The van der Waals surface area contributed by atoms with Gasteiger partial charge < -0.3 is 33.2 Å². The Morgan fingerprint density at radius 1 is 0.818 bits per heavy atom. The highest BCUT2D eigenvalue weighted by Gasteiger charge is 2.50. The number of rotatable bonds is 7. The normalized spacial score (nSPS) is 34.3. The van der Waals surface area contributed by atoms with Crippen LogP contribution in [0.3, 0.4) is 0 Å². The van der Waals surface area contributed by atoms with Crippen LogP contribution in [0.5, 0.6) is 5.75 Å². The van der Waals surface area contributed by atoms with Gasteiger partial charge in [-0.05, 0) is 55.9 Å². The molecule has 180 valence electrons. The van der Waals surface area contributed by atoms with Gasteiger partial charge in [-0.25, -0.2) is 4.79 Å². The maximum absolute atomic E-state index is 12.4. The third kappa shape index (κ3) is 5.94. The van der Waals surface area contributed by atoms with Crippen LogP contribution < -0.4 is 4.74 Å². The molecule has 4 fully saturated rings. The zero-order valence-electron chi connectivity index (χ0n) is 18.8. The van der Waals surface area contributed by atoms with Crippen molar-refractivity contribution in [2.45, 2.75) is 75.5 Å². The molecule has 1 aromatic rings. The monoisotopic (exact) mass is 460 g/mol. The van der Waals surface area contributed by atoms with Gasteiger partial charge in [0, 0.05) is 19.1 Å². The van der Waals surface area contributed by atoms with Gasteiger partial charge in [0.1, 0.15) is 24.1 Å². The van der Waals surface area contributed by atoms with Crippen molar-refractivity contribution in [1.29, 1.82) is 0 Å². The molecule has 0 saturated carbocycles. The first-order valence-electron chi connectivity index (χ1n) is 12.0. The number of ether oxygens (including phenoxy) is 7. The lowest BCUT2D eigenvalue weighted by Gasteiger charge is -2.27. The fraction of sp³-hybridized carbons (Fsp3) is 0.640. The lowest BCUT2D eigenvalue weighted by atomic mass is 10.1. The van der Waals surface area contributed by atoms with Crippen LogP contribution in [0.25, 0.3) is 6.08 Å².